The lowest BCUT2D eigenvalue weighted by Crippen LogP contribution is -2.35. The van der Waals surface area contributed by atoms with Gasteiger partial charge < -0.3 is 5.11 Å². The van der Waals surface area contributed by atoms with Gasteiger partial charge in [-0.25, -0.2) is 16.8 Å². The molecule has 1 aromatic carbocycles. The van der Waals surface area contributed by atoms with E-state index >= 15 is 0 Å². The molecule has 0 saturated heterocycles. The number of hydrogen-bond acceptors (Lipinski definition) is 5. The van der Waals surface area contributed by atoms with E-state index in [1.54, 1.807) is 0 Å². The molecule has 0 spiro atoms. The highest BCUT2D eigenvalue weighted by Gasteiger charge is 2.28. The van der Waals surface area contributed by atoms with Gasteiger partial charge in [-0.05, 0) is 18.2 Å². The number of carboxylic acids is 1. The number of aliphatic carboxylic acids is 1. The molecular weight excluding hydrogens is 342 g/mol. The van der Waals surface area contributed by atoms with Gasteiger partial charge in [0.25, 0.3) is 0 Å². The monoisotopic (exact) mass is 355 g/mol. The predicted molar refractivity (Wildman–Crippen MR) is 76.6 cm³/mol. The lowest BCUT2D eigenvalue weighted by Gasteiger charge is -2.19. The van der Waals surface area contributed by atoms with Gasteiger partial charge in [-0.1, -0.05) is 18.5 Å². The Bertz CT molecular complexity index is 757. The van der Waals surface area contributed by atoms with Crippen molar-refractivity contribution < 1.29 is 26.7 Å². The third-order valence-corrected chi connectivity index (χ3v) is 6.13. The number of rotatable bonds is 6. The Morgan fingerprint density at radius 3 is 2.29 bits per heavy atom. The smallest absolute Gasteiger partial charge is 0.318 e. The Balaban J connectivity index is 3.46. The summed E-state index contributed by atoms with van der Waals surface area (Å²) in [6, 6.07) is 3.26. The normalized spacial score (nSPS) is 12.6. The number of likely N-dealkylation sites (N-methyl/N-ethyl adjacent to an activating group) is 1. The number of nitrogens with zero attached hydrogens (tertiary/aromatic N) is 1. The number of carboxylic acid groups (broad SMARTS) is 1. The molecule has 0 saturated carbocycles. The summed E-state index contributed by atoms with van der Waals surface area (Å²) < 4.78 is 48.5. The van der Waals surface area contributed by atoms with Crippen LogP contribution >= 0.6 is 11.6 Å². The van der Waals surface area contributed by atoms with Crippen molar-refractivity contribution >= 4 is 37.4 Å². The maximum atomic E-state index is 12.4. The summed E-state index contributed by atoms with van der Waals surface area (Å²) in [5, 5.41) is 8.57. The van der Waals surface area contributed by atoms with Gasteiger partial charge in [0.1, 0.15) is 11.4 Å². The van der Waals surface area contributed by atoms with Gasteiger partial charge in [0.05, 0.1) is 9.92 Å². The van der Waals surface area contributed by atoms with Crippen molar-refractivity contribution in [2.45, 2.75) is 16.7 Å². The van der Waals surface area contributed by atoms with Crippen molar-refractivity contribution in [2.24, 2.45) is 0 Å². The maximum Gasteiger partial charge on any atom is 0.318 e. The quantitative estimate of drug-likeness (QED) is 0.809. The summed E-state index contributed by atoms with van der Waals surface area (Å²) in [7, 11) is -7.82. The molecular formula is C11H14ClNO6S2. The Kier molecular flexibility index (Phi) is 5.37. The van der Waals surface area contributed by atoms with Gasteiger partial charge in [0.2, 0.25) is 10.0 Å². The van der Waals surface area contributed by atoms with E-state index in [0.717, 1.165) is 18.4 Å². The predicted octanol–water partition coefficient (Wildman–Crippen LogP) is 0.839. The average Bonchev–Trinajstić information content (AvgIpc) is 2.34. The lowest BCUT2D eigenvalue weighted by molar-refractivity contribution is -0.137. The minimum atomic E-state index is -4.20. The van der Waals surface area contributed by atoms with Crippen LogP contribution < -0.4 is 0 Å². The second-order valence-electron chi connectivity index (χ2n) is 4.19. The van der Waals surface area contributed by atoms with E-state index in [1.807, 2.05) is 0 Å². The summed E-state index contributed by atoms with van der Waals surface area (Å²) in [4.78, 5) is 10.1. The lowest BCUT2D eigenvalue weighted by atomic mass is 10.4. The Morgan fingerprint density at radius 1 is 1.29 bits per heavy atom. The number of benzene rings is 1. The largest absolute Gasteiger partial charge is 0.480 e. The van der Waals surface area contributed by atoms with Crippen LogP contribution in [0.5, 0.6) is 0 Å². The van der Waals surface area contributed by atoms with E-state index < -0.39 is 37.3 Å². The molecule has 0 aromatic heterocycles. The minimum Gasteiger partial charge on any atom is -0.480 e. The highest BCUT2D eigenvalue weighted by molar-refractivity contribution is 7.91. The number of halogens is 1. The van der Waals surface area contributed by atoms with Crippen LogP contribution in [0.3, 0.4) is 0 Å². The zero-order valence-corrected chi connectivity index (χ0v) is 13.7. The summed E-state index contributed by atoms with van der Waals surface area (Å²) in [6.45, 7) is 0.640. The van der Waals surface area contributed by atoms with Crippen LogP contribution in [-0.2, 0) is 24.7 Å². The molecule has 1 aromatic rings. The fourth-order valence-electron chi connectivity index (χ4n) is 1.57. The molecule has 0 aliphatic rings. The van der Waals surface area contributed by atoms with E-state index in [-0.39, 0.29) is 16.5 Å². The van der Waals surface area contributed by atoms with E-state index in [0.29, 0.717) is 4.31 Å². The van der Waals surface area contributed by atoms with E-state index in [4.69, 9.17) is 16.7 Å². The van der Waals surface area contributed by atoms with Gasteiger partial charge in [0.15, 0.2) is 9.84 Å². The Morgan fingerprint density at radius 2 is 1.86 bits per heavy atom. The molecule has 10 heteroatoms. The van der Waals surface area contributed by atoms with Crippen LogP contribution in [0.1, 0.15) is 6.92 Å². The van der Waals surface area contributed by atoms with Gasteiger partial charge in [-0.3, -0.25) is 4.79 Å². The van der Waals surface area contributed by atoms with Crippen molar-refractivity contribution in [3.8, 4) is 0 Å². The third kappa shape index (κ3) is 4.16. The summed E-state index contributed by atoms with van der Waals surface area (Å²) in [5.74, 6) is -1.32. The first-order valence-electron chi connectivity index (χ1n) is 5.71. The molecule has 0 unspecified atom stereocenters. The fourth-order valence-corrected chi connectivity index (χ4v) is 4.19. The number of sulfonamides is 1. The summed E-state index contributed by atoms with van der Waals surface area (Å²) >= 11 is 5.82. The molecule has 1 N–H and O–H groups in total. The molecule has 0 fully saturated rings. The van der Waals surface area contributed by atoms with Crippen molar-refractivity contribution in [1.82, 2.24) is 4.31 Å². The van der Waals surface area contributed by atoms with Gasteiger partial charge in [0, 0.05) is 12.8 Å². The van der Waals surface area contributed by atoms with E-state index in [2.05, 4.69) is 0 Å². The van der Waals surface area contributed by atoms with E-state index in [1.165, 1.54) is 13.0 Å². The van der Waals surface area contributed by atoms with Crippen LogP contribution in [0.15, 0.2) is 28.0 Å². The van der Waals surface area contributed by atoms with Crippen LogP contribution in [0.2, 0.25) is 5.02 Å². The first kappa shape index (κ1) is 17.9. The fraction of sp³-hybridized carbons (Fsp3) is 0.364. The van der Waals surface area contributed by atoms with Crippen molar-refractivity contribution in [2.75, 3.05) is 19.3 Å². The molecule has 21 heavy (non-hydrogen) atoms. The van der Waals surface area contributed by atoms with Gasteiger partial charge >= 0.3 is 5.97 Å². The molecule has 0 atom stereocenters. The molecule has 0 heterocycles. The van der Waals surface area contributed by atoms with Crippen LogP contribution in [0.4, 0.5) is 0 Å². The molecule has 0 aliphatic heterocycles. The first-order chi connectivity index (χ1) is 9.50. The van der Waals surface area contributed by atoms with Crippen molar-refractivity contribution in [1.29, 1.82) is 0 Å². The van der Waals surface area contributed by atoms with Crippen LogP contribution in [0, 0.1) is 0 Å². The van der Waals surface area contributed by atoms with Crippen molar-refractivity contribution in [3.05, 3.63) is 23.2 Å². The summed E-state index contributed by atoms with van der Waals surface area (Å²) in [6.07, 6.45) is 0.932. The molecule has 0 bridgehead atoms. The maximum absolute atomic E-state index is 12.4. The highest BCUT2D eigenvalue weighted by atomic mass is 35.5. The molecule has 0 amide bonds. The highest BCUT2D eigenvalue weighted by Crippen LogP contribution is 2.27. The van der Waals surface area contributed by atoms with Gasteiger partial charge in [-0.15, -0.1) is 0 Å². The second kappa shape index (κ2) is 6.30. The second-order valence-corrected chi connectivity index (χ2v) is 8.52. The Labute approximate surface area is 128 Å². The molecule has 0 aliphatic carbocycles. The molecule has 1 rings (SSSR count). The number of hydrogen-bond donors (Lipinski definition) is 1. The topological polar surface area (TPSA) is 109 Å². The molecule has 0 radical (unpaired) electrons. The van der Waals surface area contributed by atoms with Crippen LogP contribution in [0.25, 0.3) is 0 Å². The summed E-state index contributed by atoms with van der Waals surface area (Å²) in [5.41, 5.74) is 0. The zero-order chi connectivity index (χ0) is 16.4. The third-order valence-electron chi connectivity index (χ3n) is 2.61. The number of carbonyl (C=O) groups is 1. The first-order valence-corrected chi connectivity index (χ1v) is 9.42. The zero-order valence-electron chi connectivity index (χ0n) is 11.3. The van der Waals surface area contributed by atoms with Gasteiger partial charge in [-0.2, -0.15) is 4.31 Å². The Hall–Kier alpha value is -1.16. The van der Waals surface area contributed by atoms with Crippen LogP contribution in [-0.4, -0.2) is 51.6 Å². The number of sulfone groups is 1. The van der Waals surface area contributed by atoms with E-state index in [9.17, 15) is 21.6 Å². The standard InChI is InChI=1S/C11H14ClNO6S2/c1-3-13(7-11(14)15)21(18,19)10-6-8(20(2,16)17)4-5-9(10)12/h4-6H,3,7H2,1-2H3,(H,14,15). The SMILES string of the molecule is CCN(CC(=O)O)S(=O)(=O)c1cc(S(C)(=O)=O)ccc1Cl. The minimum absolute atomic E-state index is 0.0892. The average molecular weight is 356 g/mol. The molecule has 7 nitrogen and oxygen atoms in total. The molecule has 118 valence electrons. The van der Waals surface area contributed by atoms with Crippen molar-refractivity contribution in [3.63, 3.8) is 0 Å².